The standard InChI is InChI=1S/C17H16F3NO3/c18-17(19,20)12-4-1-3-11(9-12)15(22)21-10-16(23)7-2-5-14-13(16)6-8-24-14/h1,3-4,6,8-9,23H,2,5,7,10H2,(H,21,22). The van der Waals surface area contributed by atoms with E-state index in [1.807, 2.05) is 0 Å². The zero-order chi connectivity index (χ0) is 17.4. The van der Waals surface area contributed by atoms with Crippen molar-refractivity contribution in [2.75, 3.05) is 6.54 Å². The van der Waals surface area contributed by atoms with Crippen LogP contribution < -0.4 is 5.32 Å². The minimum atomic E-state index is -4.51. The molecule has 128 valence electrons. The van der Waals surface area contributed by atoms with Gasteiger partial charge in [-0.3, -0.25) is 4.79 Å². The van der Waals surface area contributed by atoms with E-state index in [1.54, 1.807) is 6.07 Å². The fourth-order valence-electron chi connectivity index (χ4n) is 2.97. The molecule has 7 heteroatoms. The highest BCUT2D eigenvalue weighted by Gasteiger charge is 2.37. The smallest absolute Gasteiger partial charge is 0.416 e. The van der Waals surface area contributed by atoms with E-state index in [0.29, 0.717) is 30.6 Å². The lowest BCUT2D eigenvalue weighted by Crippen LogP contribution is -2.42. The molecular formula is C17H16F3NO3. The van der Waals surface area contributed by atoms with Crippen LogP contribution in [0.25, 0.3) is 0 Å². The number of hydrogen-bond donors (Lipinski definition) is 2. The lowest BCUT2D eigenvalue weighted by molar-refractivity contribution is -0.137. The van der Waals surface area contributed by atoms with Crippen LogP contribution in [0.2, 0.25) is 0 Å². The highest BCUT2D eigenvalue weighted by Crippen LogP contribution is 2.35. The van der Waals surface area contributed by atoms with Gasteiger partial charge in [-0.25, -0.2) is 0 Å². The molecule has 0 fully saturated rings. The number of aliphatic hydroxyl groups is 1. The number of furan rings is 1. The second kappa shape index (κ2) is 5.98. The summed E-state index contributed by atoms with van der Waals surface area (Å²) in [6.07, 6.45) is -1.16. The zero-order valence-electron chi connectivity index (χ0n) is 12.7. The second-order valence-electron chi connectivity index (χ2n) is 5.90. The number of carbonyl (C=O) groups excluding carboxylic acids is 1. The molecule has 1 heterocycles. The number of aryl methyl sites for hydroxylation is 1. The van der Waals surface area contributed by atoms with E-state index in [1.165, 1.54) is 18.4 Å². The Labute approximate surface area is 136 Å². The second-order valence-corrected chi connectivity index (χ2v) is 5.90. The van der Waals surface area contributed by atoms with E-state index in [0.717, 1.165) is 12.1 Å². The predicted octanol–water partition coefficient (Wildman–Crippen LogP) is 3.25. The lowest BCUT2D eigenvalue weighted by Gasteiger charge is -2.31. The summed E-state index contributed by atoms with van der Waals surface area (Å²) in [7, 11) is 0. The van der Waals surface area contributed by atoms with Crippen molar-refractivity contribution < 1.29 is 27.5 Å². The Morgan fingerprint density at radius 2 is 2.12 bits per heavy atom. The molecular weight excluding hydrogens is 323 g/mol. The van der Waals surface area contributed by atoms with Crippen molar-refractivity contribution in [2.24, 2.45) is 0 Å². The van der Waals surface area contributed by atoms with E-state index in [-0.39, 0.29) is 12.1 Å². The lowest BCUT2D eigenvalue weighted by atomic mass is 9.83. The molecule has 0 saturated carbocycles. The van der Waals surface area contributed by atoms with Crippen LogP contribution in [0.3, 0.4) is 0 Å². The van der Waals surface area contributed by atoms with E-state index in [2.05, 4.69) is 5.32 Å². The average molecular weight is 339 g/mol. The van der Waals surface area contributed by atoms with Gasteiger partial charge < -0.3 is 14.8 Å². The summed E-state index contributed by atoms with van der Waals surface area (Å²) >= 11 is 0. The minimum absolute atomic E-state index is 0.0887. The molecule has 1 aliphatic rings. The van der Waals surface area contributed by atoms with Crippen molar-refractivity contribution in [2.45, 2.75) is 31.0 Å². The number of alkyl halides is 3. The number of amides is 1. The maximum atomic E-state index is 12.7. The van der Waals surface area contributed by atoms with Crippen LogP contribution in [-0.2, 0) is 18.2 Å². The van der Waals surface area contributed by atoms with Crippen molar-refractivity contribution in [3.8, 4) is 0 Å². The molecule has 1 aliphatic carbocycles. The van der Waals surface area contributed by atoms with Gasteiger partial charge >= 0.3 is 6.18 Å². The van der Waals surface area contributed by atoms with Crippen molar-refractivity contribution in [3.63, 3.8) is 0 Å². The molecule has 0 bridgehead atoms. The van der Waals surface area contributed by atoms with Gasteiger partial charge in [-0.1, -0.05) is 6.07 Å². The van der Waals surface area contributed by atoms with Gasteiger partial charge in [0.05, 0.1) is 18.4 Å². The summed E-state index contributed by atoms with van der Waals surface area (Å²) in [6, 6.07) is 5.84. The van der Waals surface area contributed by atoms with Gasteiger partial charge in [0.1, 0.15) is 11.4 Å². The van der Waals surface area contributed by atoms with Gasteiger partial charge in [0.25, 0.3) is 5.91 Å². The fourth-order valence-corrected chi connectivity index (χ4v) is 2.97. The third-order valence-electron chi connectivity index (χ3n) is 4.23. The molecule has 3 rings (SSSR count). The van der Waals surface area contributed by atoms with Crippen molar-refractivity contribution in [1.29, 1.82) is 0 Å². The molecule has 4 nitrogen and oxygen atoms in total. The molecule has 1 aromatic heterocycles. The van der Waals surface area contributed by atoms with Gasteiger partial charge in [0.15, 0.2) is 0 Å². The topological polar surface area (TPSA) is 62.5 Å². The number of carbonyl (C=O) groups is 1. The number of rotatable bonds is 3. The van der Waals surface area contributed by atoms with Crippen molar-refractivity contribution >= 4 is 5.91 Å². The normalized spacial score (nSPS) is 20.5. The number of benzene rings is 1. The molecule has 1 unspecified atom stereocenters. The molecule has 1 atom stereocenters. The van der Waals surface area contributed by atoms with Crippen molar-refractivity contribution in [1.82, 2.24) is 5.32 Å². The van der Waals surface area contributed by atoms with E-state index in [4.69, 9.17) is 4.42 Å². The first kappa shape index (κ1) is 16.6. The Hall–Kier alpha value is -2.28. The number of hydrogen-bond acceptors (Lipinski definition) is 3. The maximum absolute atomic E-state index is 12.7. The Bertz CT molecular complexity index is 754. The summed E-state index contributed by atoms with van der Waals surface area (Å²) < 4.78 is 43.4. The van der Waals surface area contributed by atoms with Gasteiger partial charge in [-0.2, -0.15) is 13.2 Å². The first-order chi connectivity index (χ1) is 11.3. The summed E-state index contributed by atoms with van der Waals surface area (Å²) in [6.45, 7) is -0.0887. The SMILES string of the molecule is O=C(NCC1(O)CCCc2occc21)c1cccc(C(F)(F)F)c1. The van der Waals surface area contributed by atoms with E-state index < -0.39 is 23.2 Å². The largest absolute Gasteiger partial charge is 0.469 e. The van der Waals surface area contributed by atoms with Crippen LogP contribution in [0.5, 0.6) is 0 Å². The van der Waals surface area contributed by atoms with Crippen LogP contribution in [-0.4, -0.2) is 17.6 Å². The van der Waals surface area contributed by atoms with Crippen LogP contribution in [0.4, 0.5) is 13.2 Å². The van der Waals surface area contributed by atoms with Crippen LogP contribution >= 0.6 is 0 Å². The molecule has 24 heavy (non-hydrogen) atoms. The molecule has 2 N–H and O–H groups in total. The molecule has 2 aromatic rings. The maximum Gasteiger partial charge on any atom is 0.416 e. The predicted molar refractivity (Wildman–Crippen MR) is 79.3 cm³/mol. The highest BCUT2D eigenvalue weighted by molar-refractivity contribution is 5.94. The quantitative estimate of drug-likeness (QED) is 0.902. The first-order valence-electron chi connectivity index (χ1n) is 7.54. The van der Waals surface area contributed by atoms with Gasteiger partial charge in [0.2, 0.25) is 0 Å². The molecule has 0 aliphatic heterocycles. The molecule has 1 aromatic carbocycles. The number of nitrogens with one attached hydrogen (secondary N) is 1. The highest BCUT2D eigenvalue weighted by atomic mass is 19.4. The Morgan fingerprint density at radius 3 is 2.88 bits per heavy atom. The van der Waals surface area contributed by atoms with Gasteiger partial charge in [0, 0.05) is 17.5 Å². The van der Waals surface area contributed by atoms with Gasteiger partial charge in [-0.15, -0.1) is 0 Å². The summed E-state index contributed by atoms with van der Waals surface area (Å²) in [5, 5.41) is 13.3. The Morgan fingerprint density at radius 1 is 1.33 bits per heavy atom. The summed E-state index contributed by atoms with van der Waals surface area (Å²) in [4.78, 5) is 12.1. The molecule has 0 radical (unpaired) electrons. The average Bonchev–Trinajstić information content (AvgIpc) is 3.02. The van der Waals surface area contributed by atoms with Crippen molar-refractivity contribution in [3.05, 3.63) is 59.0 Å². The van der Waals surface area contributed by atoms with Crippen LogP contribution in [0.1, 0.15) is 40.1 Å². The third-order valence-corrected chi connectivity index (χ3v) is 4.23. The molecule has 0 saturated heterocycles. The monoisotopic (exact) mass is 339 g/mol. The van der Waals surface area contributed by atoms with Gasteiger partial charge in [-0.05, 0) is 37.1 Å². The Balaban J connectivity index is 1.73. The zero-order valence-corrected chi connectivity index (χ0v) is 12.7. The van der Waals surface area contributed by atoms with E-state index >= 15 is 0 Å². The van der Waals surface area contributed by atoms with Crippen LogP contribution in [0, 0.1) is 0 Å². The first-order valence-corrected chi connectivity index (χ1v) is 7.54. The van der Waals surface area contributed by atoms with Crippen LogP contribution in [0.15, 0.2) is 41.0 Å². The number of halogens is 3. The summed E-state index contributed by atoms with van der Waals surface area (Å²) in [5.74, 6) is 0.0159. The minimum Gasteiger partial charge on any atom is -0.469 e. The third kappa shape index (κ3) is 3.17. The Kier molecular flexibility index (Phi) is 4.13. The molecule has 1 amide bonds. The van der Waals surface area contributed by atoms with E-state index in [9.17, 15) is 23.1 Å². The molecule has 0 spiro atoms. The fraction of sp³-hybridized carbons (Fsp3) is 0.353. The summed E-state index contributed by atoms with van der Waals surface area (Å²) in [5.41, 5.74) is -1.63. The number of fused-ring (bicyclic) bond motifs is 1.